The van der Waals surface area contributed by atoms with Crippen LogP contribution in [0.2, 0.25) is 0 Å². The van der Waals surface area contributed by atoms with Crippen LogP contribution in [0.4, 0.5) is 0 Å². The number of amides is 1. The summed E-state index contributed by atoms with van der Waals surface area (Å²) in [6.45, 7) is 0. The largest absolute Gasteiger partial charge is 0.504 e. The molecule has 0 aliphatic carbocycles. The molecule has 1 N–H and O–H groups in total. The van der Waals surface area contributed by atoms with Crippen molar-refractivity contribution in [3.05, 3.63) is 42.4 Å². The van der Waals surface area contributed by atoms with Crippen LogP contribution >= 0.6 is 0 Å². The van der Waals surface area contributed by atoms with Crippen molar-refractivity contribution in [2.75, 3.05) is 13.4 Å². The number of hydrogen-bond donors (Lipinski definition) is 1. The molecule has 0 fully saturated rings. The maximum atomic E-state index is 12.1. The summed E-state index contributed by atoms with van der Waals surface area (Å²) < 4.78 is 28.6. The summed E-state index contributed by atoms with van der Waals surface area (Å²) in [4.78, 5) is 15.9. The van der Waals surface area contributed by atoms with Gasteiger partial charge in [0.15, 0.2) is 6.33 Å². The highest BCUT2D eigenvalue weighted by atomic mass is 32.2. The molecule has 22 heavy (non-hydrogen) atoms. The number of carbonyl (C=O) groups excluding carboxylic acids is 1. The Labute approximate surface area is 128 Å². The zero-order chi connectivity index (χ0) is 15.9. The Morgan fingerprint density at radius 1 is 1.41 bits per heavy atom. The summed E-state index contributed by atoms with van der Waals surface area (Å²) >= 11 is 0. The fraction of sp³-hybridized carbons (Fsp3) is 0.154. The molecule has 0 bridgehead atoms. The van der Waals surface area contributed by atoms with Crippen molar-refractivity contribution in [2.45, 2.75) is 0 Å². The van der Waals surface area contributed by atoms with E-state index in [2.05, 4.69) is 14.9 Å². The van der Waals surface area contributed by atoms with Gasteiger partial charge in [0.2, 0.25) is 0 Å². The van der Waals surface area contributed by atoms with Crippen LogP contribution in [-0.2, 0) is 20.5 Å². The monoisotopic (exact) mass is 323 g/mol. The van der Waals surface area contributed by atoms with Crippen LogP contribution in [0.1, 0.15) is 5.56 Å². The third-order valence-corrected chi connectivity index (χ3v) is 2.91. The van der Waals surface area contributed by atoms with E-state index in [0.29, 0.717) is 11.3 Å². The van der Waals surface area contributed by atoms with Gasteiger partial charge in [0, 0.05) is 11.8 Å². The summed E-state index contributed by atoms with van der Waals surface area (Å²) in [6, 6.07) is 6.71. The van der Waals surface area contributed by atoms with Crippen molar-refractivity contribution in [2.24, 2.45) is 0 Å². The van der Waals surface area contributed by atoms with Gasteiger partial charge in [-0.15, -0.1) is 0 Å². The van der Waals surface area contributed by atoms with Gasteiger partial charge in [-0.05, 0) is 6.07 Å². The topological polar surface area (TPSA) is 104 Å². The molecule has 0 radical (unpaired) electrons. The molecule has 2 rings (SSSR count). The number of methoxy groups -OCH3 is 1. The minimum atomic E-state index is -1.51. The van der Waals surface area contributed by atoms with Gasteiger partial charge in [0.05, 0.1) is 18.9 Å². The fourth-order valence-corrected chi connectivity index (χ4v) is 1.99. The number of ether oxygens (including phenoxy) is 2. The first kappa shape index (κ1) is 15.7. The Hall–Kier alpha value is -2.68. The van der Waals surface area contributed by atoms with Gasteiger partial charge < -0.3 is 9.47 Å². The van der Waals surface area contributed by atoms with E-state index < -0.39 is 16.9 Å². The molecule has 0 aliphatic rings. The normalized spacial score (nSPS) is 12.5. The third-order valence-electron chi connectivity index (χ3n) is 2.43. The van der Waals surface area contributed by atoms with Gasteiger partial charge >= 0.3 is 6.08 Å². The molecule has 1 aromatic carbocycles. The first-order valence-electron chi connectivity index (χ1n) is 6.03. The van der Waals surface area contributed by atoms with Crippen molar-refractivity contribution < 1.29 is 23.0 Å². The lowest BCUT2D eigenvalue weighted by Crippen LogP contribution is -2.25. The summed E-state index contributed by atoms with van der Waals surface area (Å²) in [5.41, 5.74) is 0.568. The maximum absolute atomic E-state index is 12.1. The lowest BCUT2D eigenvalue weighted by molar-refractivity contribution is -0.114. The van der Waals surface area contributed by atoms with Crippen molar-refractivity contribution in [1.29, 1.82) is 0 Å². The Bertz CT molecular complexity index is 699. The van der Waals surface area contributed by atoms with Gasteiger partial charge in [-0.2, -0.15) is 4.98 Å². The van der Waals surface area contributed by atoms with E-state index in [1.54, 1.807) is 24.3 Å². The molecule has 0 saturated carbocycles. The van der Waals surface area contributed by atoms with Gasteiger partial charge in [-0.3, -0.25) is 14.0 Å². The lowest BCUT2D eigenvalue weighted by Gasteiger charge is -2.11. The minimum absolute atomic E-state index is 0.0660. The lowest BCUT2D eigenvalue weighted by atomic mass is 10.1. The first-order valence-corrected chi connectivity index (χ1v) is 7.59. The number of aromatic nitrogens is 2. The predicted octanol–water partition coefficient (Wildman–Crippen LogP) is 1.26. The summed E-state index contributed by atoms with van der Waals surface area (Å²) in [5.74, 6) is -0.253. The second-order valence-corrected chi connectivity index (χ2v) is 5.07. The van der Waals surface area contributed by atoms with Crippen molar-refractivity contribution in [3.63, 3.8) is 0 Å². The number of nitrogens with one attached hydrogen (secondary N) is 1. The van der Waals surface area contributed by atoms with Crippen LogP contribution in [0, 0.1) is 0 Å². The second kappa shape index (κ2) is 7.36. The van der Waals surface area contributed by atoms with E-state index in [4.69, 9.17) is 14.0 Å². The number of para-hydroxylation sites is 1. The molecule has 8 nitrogen and oxygen atoms in total. The second-order valence-electron chi connectivity index (χ2n) is 3.96. The highest BCUT2D eigenvalue weighted by Crippen LogP contribution is 2.29. The molecule has 1 aromatic heterocycles. The van der Waals surface area contributed by atoms with E-state index in [1.807, 2.05) is 0 Å². The molecule has 0 saturated heterocycles. The quantitative estimate of drug-likeness (QED) is 0.630. The number of benzene rings is 1. The molecule has 1 unspecified atom stereocenters. The molecule has 116 valence electrons. The highest BCUT2D eigenvalue weighted by molar-refractivity contribution is 7.82. The smallest absolute Gasteiger partial charge is 0.422 e. The van der Waals surface area contributed by atoms with E-state index >= 15 is 0 Å². The van der Waals surface area contributed by atoms with Crippen molar-refractivity contribution >= 4 is 22.5 Å². The Morgan fingerprint density at radius 3 is 2.82 bits per heavy atom. The van der Waals surface area contributed by atoms with Crippen LogP contribution in [0.25, 0.3) is 5.57 Å². The van der Waals surface area contributed by atoms with E-state index in [1.165, 1.54) is 26.0 Å². The van der Waals surface area contributed by atoms with Crippen molar-refractivity contribution in [1.82, 2.24) is 14.9 Å². The van der Waals surface area contributed by atoms with Crippen LogP contribution in [0.5, 0.6) is 11.8 Å². The SMILES string of the molecule is CO/C=C(/C(=O)NS(C)=O)c1ccccc1Oc1ncno1. The van der Waals surface area contributed by atoms with E-state index in [0.717, 1.165) is 0 Å². The molecule has 9 heteroatoms. The van der Waals surface area contributed by atoms with Crippen LogP contribution in [0.3, 0.4) is 0 Å². The van der Waals surface area contributed by atoms with Crippen LogP contribution < -0.4 is 9.46 Å². The van der Waals surface area contributed by atoms with Gasteiger partial charge in [-0.1, -0.05) is 23.4 Å². The minimum Gasteiger partial charge on any atom is -0.504 e. The number of hydrogen-bond acceptors (Lipinski definition) is 7. The zero-order valence-corrected chi connectivity index (χ0v) is 12.6. The predicted molar refractivity (Wildman–Crippen MR) is 78.0 cm³/mol. The molecular formula is C13H13N3O5S. The average molecular weight is 323 g/mol. The molecule has 1 heterocycles. The number of rotatable bonds is 6. The number of carbonyl (C=O) groups is 1. The average Bonchev–Trinajstić information content (AvgIpc) is 2.98. The van der Waals surface area contributed by atoms with Gasteiger partial charge in [0.1, 0.15) is 16.7 Å². The van der Waals surface area contributed by atoms with Gasteiger partial charge in [-0.25, -0.2) is 4.21 Å². The Balaban J connectivity index is 2.37. The molecular weight excluding hydrogens is 310 g/mol. The molecule has 0 spiro atoms. The maximum Gasteiger partial charge on any atom is 0.422 e. The third kappa shape index (κ3) is 3.92. The molecule has 2 aromatic rings. The first-order chi connectivity index (χ1) is 10.6. The standard InChI is InChI=1S/C13H13N3O5S/c1-19-7-10(12(17)16-22(2)18)9-5-3-4-6-11(9)20-13-14-8-15-21-13/h3-8H,1-2H3,(H,16,17)/b10-7+. The highest BCUT2D eigenvalue weighted by Gasteiger charge is 2.19. The summed E-state index contributed by atoms with van der Waals surface area (Å²) in [7, 11) is -0.109. The number of nitrogens with zero attached hydrogens (tertiary/aromatic N) is 2. The zero-order valence-electron chi connectivity index (χ0n) is 11.8. The van der Waals surface area contributed by atoms with Gasteiger partial charge in [0.25, 0.3) is 5.91 Å². The van der Waals surface area contributed by atoms with Crippen LogP contribution in [-0.4, -0.2) is 33.6 Å². The van der Waals surface area contributed by atoms with E-state index in [-0.39, 0.29) is 11.6 Å². The van der Waals surface area contributed by atoms with Crippen molar-refractivity contribution in [3.8, 4) is 11.8 Å². The molecule has 1 atom stereocenters. The molecule has 0 aliphatic heterocycles. The summed E-state index contributed by atoms with van der Waals surface area (Å²) in [6.07, 6.45) is 3.71. The van der Waals surface area contributed by atoms with Crippen LogP contribution in [0.15, 0.2) is 41.4 Å². The summed E-state index contributed by atoms with van der Waals surface area (Å²) in [5, 5.41) is 3.43. The molecule has 1 amide bonds. The van der Waals surface area contributed by atoms with E-state index in [9.17, 15) is 9.00 Å². The fourth-order valence-electron chi connectivity index (χ4n) is 1.62. The Kier molecular flexibility index (Phi) is 5.26. The Morgan fingerprint density at radius 2 is 2.18 bits per heavy atom.